The van der Waals surface area contributed by atoms with Crippen molar-refractivity contribution in [2.75, 3.05) is 0 Å². The summed E-state index contributed by atoms with van der Waals surface area (Å²) in [6.07, 6.45) is 11.5. The second-order valence-electron chi connectivity index (χ2n) is 8.04. The Bertz CT molecular complexity index is 703. The van der Waals surface area contributed by atoms with E-state index < -0.39 is 11.9 Å². The molecule has 0 radical (unpaired) electrons. The van der Waals surface area contributed by atoms with E-state index in [1.807, 2.05) is 0 Å². The molecule has 146 valence electrons. The van der Waals surface area contributed by atoms with Crippen LogP contribution >= 0.6 is 0 Å². The number of halogens is 2. The second kappa shape index (κ2) is 9.96. The predicted octanol–water partition coefficient (Wildman–Crippen LogP) is 7.00. The van der Waals surface area contributed by atoms with Crippen LogP contribution in [0.5, 0.6) is 0 Å². The molecule has 1 heterocycles. The summed E-state index contributed by atoms with van der Waals surface area (Å²) in [5.41, 5.74) is 3.47. The van der Waals surface area contributed by atoms with Crippen LogP contribution in [-0.4, -0.2) is 4.98 Å². The summed E-state index contributed by atoms with van der Waals surface area (Å²) in [6, 6.07) is 12.0. The first-order valence-electron chi connectivity index (χ1n) is 10.6. The summed E-state index contributed by atoms with van der Waals surface area (Å²) >= 11 is 0. The first-order valence-corrected chi connectivity index (χ1v) is 10.6. The van der Waals surface area contributed by atoms with Gasteiger partial charge in [-0.15, -0.1) is 0 Å². The highest BCUT2D eigenvalue weighted by atomic mass is 19.1. The summed E-state index contributed by atoms with van der Waals surface area (Å²) in [5.74, 6) is -0.0926. The Morgan fingerprint density at radius 1 is 0.889 bits per heavy atom. The third-order valence-corrected chi connectivity index (χ3v) is 6.08. The van der Waals surface area contributed by atoms with Crippen LogP contribution in [0.2, 0.25) is 0 Å². The molecule has 2 aromatic rings. The van der Waals surface area contributed by atoms with E-state index in [-0.39, 0.29) is 0 Å². The molecule has 1 aliphatic rings. The van der Waals surface area contributed by atoms with Gasteiger partial charge in [-0.25, -0.2) is 0 Å². The topological polar surface area (TPSA) is 12.9 Å². The molecule has 3 heteroatoms. The van der Waals surface area contributed by atoms with E-state index in [1.165, 1.54) is 74.6 Å². The summed E-state index contributed by atoms with van der Waals surface area (Å²) in [5, 5.41) is 0. The molecule has 1 aromatic carbocycles. The lowest BCUT2D eigenvalue weighted by molar-refractivity contribution is 0.309. The number of unbranched alkanes of at least 4 members (excludes halogenated alkanes) is 2. The van der Waals surface area contributed by atoms with Crippen LogP contribution in [0, 0.1) is 17.8 Å². The van der Waals surface area contributed by atoms with Crippen LogP contribution in [0.15, 0.2) is 36.4 Å². The van der Waals surface area contributed by atoms with Gasteiger partial charge >= 0.3 is 0 Å². The number of pyridine rings is 1. The van der Waals surface area contributed by atoms with Crippen LogP contribution in [0.1, 0.15) is 80.9 Å². The Hall–Kier alpha value is -1.77. The molecule has 1 fully saturated rings. The molecule has 0 saturated heterocycles. The fourth-order valence-electron chi connectivity index (χ4n) is 4.31. The minimum absolute atomic E-state index is 0.539. The van der Waals surface area contributed by atoms with Crippen LogP contribution < -0.4 is 0 Å². The number of benzene rings is 1. The molecule has 1 aliphatic carbocycles. The second-order valence-corrected chi connectivity index (χ2v) is 8.04. The molecule has 0 spiro atoms. The number of nitrogens with zero attached hydrogens (tertiary/aromatic N) is 1. The van der Waals surface area contributed by atoms with Gasteiger partial charge in [0.15, 0.2) is 0 Å². The monoisotopic (exact) mass is 371 g/mol. The van der Waals surface area contributed by atoms with Crippen molar-refractivity contribution < 1.29 is 8.78 Å². The highest BCUT2D eigenvalue weighted by Gasteiger charge is 2.22. The molecule has 0 atom stereocenters. The minimum atomic E-state index is -0.742. The van der Waals surface area contributed by atoms with Crippen molar-refractivity contribution in [2.24, 2.45) is 5.92 Å². The third-order valence-electron chi connectivity index (χ3n) is 6.08. The Labute approximate surface area is 162 Å². The van der Waals surface area contributed by atoms with Gasteiger partial charge in [0.2, 0.25) is 11.9 Å². The van der Waals surface area contributed by atoms with Crippen molar-refractivity contribution >= 4 is 0 Å². The lowest BCUT2D eigenvalue weighted by Gasteiger charge is -2.29. The maximum atomic E-state index is 13.7. The van der Waals surface area contributed by atoms with Crippen molar-refractivity contribution in [1.82, 2.24) is 4.98 Å². The summed E-state index contributed by atoms with van der Waals surface area (Å²) in [7, 11) is 0. The Morgan fingerprint density at radius 2 is 1.63 bits per heavy atom. The van der Waals surface area contributed by atoms with Crippen LogP contribution in [-0.2, 0) is 12.8 Å². The average molecular weight is 372 g/mol. The van der Waals surface area contributed by atoms with Gasteiger partial charge < -0.3 is 0 Å². The molecular weight excluding hydrogens is 340 g/mol. The minimum Gasteiger partial charge on any atom is -0.190 e. The zero-order valence-electron chi connectivity index (χ0n) is 16.4. The molecule has 0 N–H and O–H groups in total. The van der Waals surface area contributed by atoms with E-state index in [0.29, 0.717) is 23.8 Å². The molecule has 3 rings (SSSR count). The maximum Gasteiger partial charge on any atom is 0.218 e. The van der Waals surface area contributed by atoms with E-state index in [9.17, 15) is 8.78 Å². The normalized spacial score (nSPS) is 20.0. The number of hydrogen-bond acceptors (Lipinski definition) is 1. The lowest BCUT2D eigenvalue weighted by atomic mass is 9.77. The van der Waals surface area contributed by atoms with Crippen LogP contribution in [0.25, 0.3) is 0 Å². The van der Waals surface area contributed by atoms with E-state index in [0.717, 1.165) is 6.42 Å². The largest absolute Gasteiger partial charge is 0.218 e. The molecule has 27 heavy (non-hydrogen) atoms. The lowest BCUT2D eigenvalue weighted by Crippen LogP contribution is -2.14. The molecule has 0 aliphatic heterocycles. The van der Waals surface area contributed by atoms with Crippen molar-refractivity contribution in [2.45, 2.75) is 77.0 Å². The molecule has 1 saturated carbocycles. The molecule has 0 bridgehead atoms. The van der Waals surface area contributed by atoms with Gasteiger partial charge in [-0.05, 0) is 86.5 Å². The number of aryl methyl sites for hydroxylation is 2. The Balaban J connectivity index is 1.44. The summed E-state index contributed by atoms with van der Waals surface area (Å²) < 4.78 is 26.6. The molecule has 1 nitrogen and oxygen atoms in total. The zero-order valence-corrected chi connectivity index (χ0v) is 16.4. The Kier molecular flexibility index (Phi) is 7.37. The van der Waals surface area contributed by atoms with Gasteiger partial charge in [-0.2, -0.15) is 13.8 Å². The fraction of sp³-hybridized carbons (Fsp3) is 0.542. The third kappa shape index (κ3) is 5.85. The molecular formula is C24H31F2N. The van der Waals surface area contributed by atoms with Gasteiger partial charge in [-0.1, -0.05) is 44.0 Å². The van der Waals surface area contributed by atoms with E-state index >= 15 is 0 Å². The van der Waals surface area contributed by atoms with Gasteiger partial charge in [0.1, 0.15) is 0 Å². The van der Waals surface area contributed by atoms with Crippen LogP contribution in [0.4, 0.5) is 8.78 Å². The van der Waals surface area contributed by atoms with Crippen LogP contribution in [0.3, 0.4) is 0 Å². The van der Waals surface area contributed by atoms with Crippen molar-refractivity contribution in [3.8, 4) is 0 Å². The zero-order chi connectivity index (χ0) is 19.1. The van der Waals surface area contributed by atoms with E-state index in [1.54, 1.807) is 0 Å². The predicted molar refractivity (Wildman–Crippen MR) is 107 cm³/mol. The highest BCUT2D eigenvalue weighted by molar-refractivity contribution is 5.26. The standard InChI is InChI=1S/C24H31F2N/c1-2-3-4-5-18-6-11-20(12-7-18)21-13-8-19(9-14-21)10-15-22-16-17-23(25)27-24(22)26/h6-7,11-12,16-17,19,21H,2-5,8-10,13-15H2,1H3. The maximum absolute atomic E-state index is 13.7. The van der Waals surface area contributed by atoms with E-state index in [4.69, 9.17) is 0 Å². The number of hydrogen-bond donors (Lipinski definition) is 0. The van der Waals surface area contributed by atoms with Gasteiger partial charge in [0.05, 0.1) is 0 Å². The van der Waals surface area contributed by atoms with E-state index in [2.05, 4.69) is 36.2 Å². The van der Waals surface area contributed by atoms with Gasteiger partial charge in [0.25, 0.3) is 0 Å². The molecule has 1 aromatic heterocycles. The summed E-state index contributed by atoms with van der Waals surface area (Å²) in [4.78, 5) is 3.29. The average Bonchev–Trinajstić information content (AvgIpc) is 2.69. The first kappa shape index (κ1) is 20.0. The smallest absolute Gasteiger partial charge is 0.190 e. The van der Waals surface area contributed by atoms with Crippen molar-refractivity contribution in [3.05, 3.63) is 65.0 Å². The van der Waals surface area contributed by atoms with Crippen molar-refractivity contribution in [1.29, 1.82) is 0 Å². The Morgan fingerprint density at radius 3 is 2.30 bits per heavy atom. The quantitative estimate of drug-likeness (QED) is 0.359. The van der Waals surface area contributed by atoms with Gasteiger partial charge in [-0.3, -0.25) is 0 Å². The van der Waals surface area contributed by atoms with Gasteiger partial charge in [0, 0.05) is 5.56 Å². The molecule has 0 unspecified atom stereocenters. The number of rotatable bonds is 8. The number of aromatic nitrogens is 1. The summed E-state index contributed by atoms with van der Waals surface area (Å²) in [6.45, 7) is 2.24. The SMILES string of the molecule is CCCCCc1ccc(C2CCC(CCc3ccc(F)nc3F)CC2)cc1. The highest BCUT2D eigenvalue weighted by Crippen LogP contribution is 2.37. The first-order chi connectivity index (χ1) is 13.2. The van der Waals surface area contributed by atoms with Crippen molar-refractivity contribution in [3.63, 3.8) is 0 Å². The molecule has 0 amide bonds. The fourth-order valence-corrected chi connectivity index (χ4v) is 4.31.